The van der Waals surface area contributed by atoms with E-state index in [2.05, 4.69) is 31.5 Å². The number of hydrogen-bond acceptors (Lipinski definition) is 3. The van der Waals surface area contributed by atoms with Crippen LogP contribution in [0.3, 0.4) is 0 Å². The number of carbonyl (C=O) groups is 2. The predicted molar refractivity (Wildman–Crippen MR) is 122 cm³/mol. The lowest BCUT2D eigenvalue weighted by molar-refractivity contribution is -0.121. The van der Waals surface area contributed by atoms with Gasteiger partial charge in [-0.1, -0.05) is 39.1 Å². The van der Waals surface area contributed by atoms with E-state index in [0.29, 0.717) is 28.8 Å². The number of amides is 2. The van der Waals surface area contributed by atoms with E-state index in [0.717, 1.165) is 28.6 Å². The van der Waals surface area contributed by atoms with E-state index in [1.54, 1.807) is 18.2 Å². The van der Waals surface area contributed by atoms with Crippen molar-refractivity contribution in [2.45, 2.75) is 19.8 Å². The van der Waals surface area contributed by atoms with Gasteiger partial charge in [0.1, 0.15) is 0 Å². The zero-order valence-corrected chi connectivity index (χ0v) is 19.1. The molecule has 5 nitrogen and oxygen atoms in total. The van der Waals surface area contributed by atoms with Gasteiger partial charge in [-0.25, -0.2) is 0 Å². The highest BCUT2D eigenvalue weighted by atomic mass is 79.9. The zero-order chi connectivity index (χ0) is 21.0. The van der Waals surface area contributed by atoms with E-state index in [9.17, 15) is 9.59 Å². The van der Waals surface area contributed by atoms with E-state index in [-0.39, 0.29) is 24.3 Å². The average Bonchev–Trinajstić information content (AvgIpc) is 2.67. The Morgan fingerprint density at radius 1 is 1.07 bits per heavy atom. The standard InChI is InChI=1S/C21H22BrCl2N3O2/c1-13-10-15(22)2-5-19(13)26-21(29)14-6-8-27(9-7-14)12-20(28)25-16-3-4-17(23)18(24)11-16/h2-5,10-11,14H,6-9,12H2,1H3,(H,25,28)(H,26,29). The fraction of sp³-hybridized carbons (Fsp3) is 0.333. The third-order valence-corrected chi connectivity index (χ3v) is 6.21. The molecule has 0 atom stereocenters. The van der Waals surface area contributed by atoms with Gasteiger partial charge >= 0.3 is 0 Å². The Hall–Kier alpha value is -1.60. The second-order valence-corrected chi connectivity index (χ2v) is 8.91. The molecule has 1 heterocycles. The molecule has 2 amide bonds. The van der Waals surface area contributed by atoms with Crippen molar-refractivity contribution < 1.29 is 9.59 Å². The van der Waals surface area contributed by atoms with Gasteiger partial charge in [0.25, 0.3) is 0 Å². The molecule has 1 aliphatic heterocycles. The molecule has 0 aromatic heterocycles. The van der Waals surface area contributed by atoms with Crippen LogP contribution in [0.2, 0.25) is 10.0 Å². The number of nitrogens with zero attached hydrogens (tertiary/aromatic N) is 1. The normalized spacial score (nSPS) is 15.2. The summed E-state index contributed by atoms with van der Waals surface area (Å²) in [7, 11) is 0. The lowest BCUT2D eigenvalue weighted by Gasteiger charge is -2.30. The minimum Gasteiger partial charge on any atom is -0.326 e. The first-order chi connectivity index (χ1) is 13.8. The monoisotopic (exact) mass is 497 g/mol. The number of aryl methyl sites for hydroxylation is 1. The van der Waals surface area contributed by atoms with Crippen molar-refractivity contribution in [2.75, 3.05) is 30.3 Å². The molecule has 1 fully saturated rings. The van der Waals surface area contributed by atoms with Gasteiger partial charge in [-0.3, -0.25) is 14.5 Å². The highest BCUT2D eigenvalue weighted by Crippen LogP contribution is 2.26. The number of hydrogen-bond donors (Lipinski definition) is 2. The Balaban J connectivity index is 1.46. The molecule has 2 N–H and O–H groups in total. The second-order valence-electron chi connectivity index (χ2n) is 7.18. The van der Waals surface area contributed by atoms with Crippen LogP contribution in [-0.4, -0.2) is 36.3 Å². The van der Waals surface area contributed by atoms with Crippen LogP contribution < -0.4 is 10.6 Å². The molecule has 0 radical (unpaired) electrons. The number of piperidine rings is 1. The third-order valence-electron chi connectivity index (χ3n) is 4.98. The summed E-state index contributed by atoms with van der Waals surface area (Å²) < 4.78 is 0.987. The van der Waals surface area contributed by atoms with E-state index >= 15 is 0 Å². The van der Waals surface area contributed by atoms with Gasteiger partial charge in [0, 0.05) is 21.8 Å². The van der Waals surface area contributed by atoms with Crippen molar-refractivity contribution in [2.24, 2.45) is 5.92 Å². The Bertz CT molecular complexity index is 915. The van der Waals surface area contributed by atoms with Gasteiger partial charge in [0.2, 0.25) is 11.8 Å². The van der Waals surface area contributed by atoms with Gasteiger partial charge < -0.3 is 10.6 Å². The summed E-state index contributed by atoms with van der Waals surface area (Å²) in [5.41, 5.74) is 2.47. The zero-order valence-electron chi connectivity index (χ0n) is 16.0. The molecule has 2 aromatic rings. The van der Waals surface area contributed by atoms with Crippen molar-refractivity contribution in [1.29, 1.82) is 0 Å². The minimum absolute atomic E-state index is 0.0373. The number of anilines is 2. The third kappa shape index (κ3) is 6.19. The number of rotatable bonds is 5. The summed E-state index contributed by atoms with van der Waals surface area (Å²) in [5, 5.41) is 6.70. The van der Waals surface area contributed by atoms with E-state index < -0.39 is 0 Å². The number of carbonyl (C=O) groups excluding carboxylic acids is 2. The van der Waals surface area contributed by atoms with Gasteiger partial charge in [0.05, 0.1) is 16.6 Å². The maximum Gasteiger partial charge on any atom is 0.238 e. The van der Waals surface area contributed by atoms with Crippen molar-refractivity contribution in [3.05, 3.63) is 56.5 Å². The smallest absolute Gasteiger partial charge is 0.238 e. The minimum atomic E-state index is -0.114. The first-order valence-corrected chi connectivity index (χ1v) is 10.9. The van der Waals surface area contributed by atoms with Crippen LogP contribution in [0, 0.1) is 12.8 Å². The fourth-order valence-corrected chi connectivity index (χ4v) is 4.11. The summed E-state index contributed by atoms with van der Waals surface area (Å²) in [4.78, 5) is 26.9. The largest absolute Gasteiger partial charge is 0.326 e. The van der Waals surface area contributed by atoms with E-state index in [1.165, 1.54) is 0 Å². The Labute approximate surface area is 188 Å². The summed E-state index contributed by atoms with van der Waals surface area (Å²) >= 11 is 15.3. The Kier molecular flexibility index (Phi) is 7.57. The van der Waals surface area contributed by atoms with Gasteiger partial charge in [-0.15, -0.1) is 0 Å². The Morgan fingerprint density at radius 2 is 1.79 bits per heavy atom. The summed E-state index contributed by atoms with van der Waals surface area (Å²) in [5.74, 6) is -0.125. The molecule has 3 rings (SSSR count). The van der Waals surface area contributed by atoms with Crippen LogP contribution in [0.5, 0.6) is 0 Å². The van der Waals surface area contributed by atoms with Crippen molar-refractivity contribution in [3.8, 4) is 0 Å². The molecule has 29 heavy (non-hydrogen) atoms. The van der Waals surface area contributed by atoms with Crippen molar-refractivity contribution in [3.63, 3.8) is 0 Å². The maximum atomic E-state index is 12.6. The SMILES string of the molecule is Cc1cc(Br)ccc1NC(=O)C1CCN(CC(=O)Nc2ccc(Cl)c(Cl)c2)CC1. The molecule has 0 aliphatic carbocycles. The molecule has 0 unspecified atom stereocenters. The van der Waals surface area contributed by atoms with Gasteiger partial charge in [0.15, 0.2) is 0 Å². The number of nitrogens with one attached hydrogen (secondary N) is 2. The maximum absolute atomic E-state index is 12.6. The van der Waals surface area contributed by atoms with Crippen LogP contribution in [0.25, 0.3) is 0 Å². The second kappa shape index (κ2) is 9.94. The highest BCUT2D eigenvalue weighted by Gasteiger charge is 2.26. The molecule has 8 heteroatoms. The highest BCUT2D eigenvalue weighted by molar-refractivity contribution is 9.10. The van der Waals surface area contributed by atoms with Crippen LogP contribution in [-0.2, 0) is 9.59 Å². The van der Waals surface area contributed by atoms with Gasteiger partial charge in [-0.05, 0) is 74.8 Å². The number of halogens is 3. The van der Waals surface area contributed by atoms with E-state index in [4.69, 9.17) is 23.2 Å². The topological polar surface area (TPSA) is 61.4 Å². The fourth-order valence-electron chi connectivity index (χ4n) is 3.33. The molecule has 1 saturated heterocycles. The quantitative estimate of drug-likeness (QED) is 0.583. The summed E-state index contributed by atoms with van der Waals surface area (Å²) in [6.07, 6.45) is 1.45. The number of benzene rings is 2. The molecule has 0 saturated carbocycles. The van der Waals surface area contributed by atoms with Crippen LogP contribution in [0.15, 0.2) is 40.9 Å². The Morgan fingerprint density at radius 3 is 2.45 bits per heavy atom. The first kappa shape index (κ1) is 22.1. The summed E-state index contributed by atoms with van der Waals surface area (Å²) in [6, 6.07) is 10.8. The molecule has 2 aromatic carbocycles. The number of likely N-dealkylation sites (tertiary alicyclic amines) is 1. The molecule has 0 bridgehead atoms. The lowest BCUT2D eigenvalue weighted by Crippen LogP contribution is -2.41. The first-order valence-electron chi connectivity index (χ1n) is 9.36. The molecular formula is C21H22BrCl2N3O2. The average molecular weight is 499 g/mol. The molecule has 154 valence electrons. The van der Waals surface area contributed by atoms with Crippen molar-refractivity contribution >= 4 is 62.3 Å². The molecule has 0 spiro atoms. The summed E-state index contributed by atoms with van der Waals surface area (Å²) in [6.45, 7) is 3.65. The van der Waals surface area contributed by atoms with E-state index in [1.807, 2.05) is 25.1 Å². The van der Waals surface area contributed by atoms with Crippen LogP contribution in [0.4, 0.5) is 11.4 Å². The predicted octanol–water partition coefficient (Wildman–Crippen LogP) is 5.35. The van der Waals surface area contributed by atoms with Crippen LogP contribution >= 0.6 is 39.1 Å². The van der Waals surface area contributed by atoms with Gasteiger partial charge in [-0.2, -0.15) is 0 Å². The molecule has 1 aliphatic rings. The van der Waals surface area contributed by atoms with Crippen LogP contribution in [0.1, 0.15) is 18.4 Å². The lowest BCUT2D eigenvalue weighted by atomic mass is 9.95. The van der Waals surface area contributed by atoms with Crippen molar-refractivity contribution in [1.82, 2.24) is 4.90 Å². The molecular weight excluding hydrogens is 477 g/mol.